The van der Waals surface area contributed by atoms with Crippen LogP contribution >= 0.6 is 11.8 Å². The first-order valence-electron chi connectivity index (χ1n) is 5.95. The first-order valence-corrected chi connectivity index (χ1v) is 7.10. The second-order valence-electron chi connectivity index (χ2n) is 4.62. The number of carboxylic acid groups (broad SMARTS) is 1. The Morgan fingerprint density at radius 3 is 2.35 bits per heavy atom. The van der Waals surface area contributed by atoms with Crippen LogP contribution in [0.5, 0.6) is 0 Å². The van der Waals surface area contributed by atoms with Gasteiger partial charge in [-0.2, -0.15) is 11.8 Å². The fourth-order valence-corrected chi connectivity index (χ4v) is 2.65. The molecule has 0 radical (unpaired) electrons. The summed E-state index contributed by atoms with van der Waals surface area (Å²) in [6.45, 7) is 4.47. The smallest absolute Gasteiger partial charge is 0.307 e. The molecule has 0 aliphatic carbocycles. The highest BCUT2D eigenvalue weighted by atomic mass is 32.2. The largest absolute Gasteiger partial charge is 0.481 e. The Balaban J connectivity index is 2.32. The van der Waals surface area contributed by atoms with Gasteiger partial charge in [0.05, 0.1) is 6.42 Å². The zero-order valence-corrected chi connectivity index (χ0v) is 11.3. The lowest BCUT2D eigenvalue weighted by atomic mass is 10.1. The van der Waals surface area contributed by atoms with Crippen LogP contribution in [0.4, 0.5) is 0 Å². The van der Waals surface area contributed by atoms with Crippen LogP contribution in [0, 0.1) is 5.92 Å². The maximum Gasteiger partial charge on any atom is 0.307 e. The third-order valence-corrected chi connectivity index (χ3v) is 3.55. The molecule has 0 aromatic heterocycles. The van der Waals surface area contributed by atoms with Crippen molar-refractivity contribution in [3.05, 3.63) is 35.4 Å². The quantitative estimate of drug-likeness (QED) is 0.753. The average molecular weight is 252 g/mol. The van der Waals surface area contributed by atoms with Gasteiger partial charge >= 0.3 is 5.97 Å². The van der Waals surface area contributed by atoms with Gasteiger partial charge in [-0.05, 0) is 29.2 Å². The van der Waals surface area contributed by atoms with E-state index in [1.807, 2.05) is 36.0 Å². The number of thioether (sulfide) groups is 1. The first-order chi connectivity index (χ1) is 8.08. The van der Waals surface area contributed by atoms with Crippen molar-refractivity contribution < 1.29 is 9.90 Å². The Hall–Kier alpha value is -0.960. The topological polar surface area (TPSA) is 37.3 Å². The molecular formula is C14H20O2S. The predicted molar refractivity (Wildman–Crippen MR) is 73.4 cm³/mol. The Morgan fingerprint density at radius 2 is 1.82 bits per heavy atom. The van der Waals surface area contributed by atoms with Crippen molar-refractivity contribution in [2.24, 2.45) is 5.92 Å². The first kappa shape index (κ1) is 14.1. The second-order valence-corrected chi connectivity index (χ2v) is 5.73. The number of aliphatic carboxylic acids is 1. The standard InChI is InChI=1S/C14H20O2S/c1-11(2)7-8-17-10-13-5-3-12(4-6-13)9-14(15)16/h3-6,11H,7-10H2,1-2H3,(H,15,16). The van der Waals surface area contributed by atoms with E-state index in [4.69, 9.17) is 5.11 Å². The molecule has 17 heavy (non-hydrogen) atoms. The fourth-order valence-electron chi connectivity index (χ4n) is 1.44. The van der Waals surface area contributed by atoms with Gasteiger partial charge in [-0.25, -0.2) is 0 Å². The molecule has 0 amide bonds. The van der Waals surface area contributed by atoms with E-state index in [1.165, 1.54) is 17.7 Å². The van der Waals surface area contributed by atoms with Crippen LogP contribution < -0.4 is 0 Å². The van der Waals surface area contributed by atoms with E-state index in [2.05, 4.69) is 13.8 Å². The van der Waals surface area contributed by atoms with Gasteiger partial charge in [0, 0.05) is 5.75 Å². The third-order valence-electron chi connectivity index (χ3n) is 2.49. The number of hydrogen-bond donors (Lipinski definition) is 1. The van der Waals surface area contributed by atoms with Gasteiger partial charge in [0.25, 0.3) is 0 Å². The van der Waals surface area contributed by atoms with Crippen molar-refractivity contribution in [1.82, 2.24) is 0 Å². The number of hydrogen-bond acceptors (Lipinski definition) is 2. The second kappa shape index (κ2) is 7.38. The zero-order chi connectivity index (χ0) is 12.7. The molecule has 0 saturated carbocycles. The molecule has 0 spiro atoms. The zero-order valence-electron chi connectivity index (χ0n) is 10.5. The van der Waals surface area contributed by atoms with Gasteiger partial charge < -0.3 is 5.11 Å². The minimum Gasteiger partial charge on any atom is -0.481 e. The maximum atomic E-state index is 10.5. The lowest BCUT2D eigenvalue weighted by Gasteiger charge is -2.05. The molecule has 1 rings (SSSR count). The van der Waals surface area contributed by atoms with E-state index >= 15 is 0 Å². The maximum absolute atomic E-state index is 10.5. The van der Waals surface area contributed by atoms with Crippen molar-refractivity contribution in [1.29, 1.82) is 0 Å². The summed E-state index contributed by atoms with van der Waals surface area (Å²) in [6.07, 6.45) is 1.36. The molecule has 0 unspecified atom stereocenters. The van der Waals surface area contributed by atoms with E-state index in [1.54, 1.807) is 0 Å². The van der Waals surface area contributed by atoms with Crippen LogP contribution in [0.2, 0.25) is 0 Å². The molecule has 1 aromatic carbocycles. The van der Waals surface area contributed by atoms with Gasteiger partial charge in [0.1, 0.15) is 0 Å². The molecule has 0 aliphatic rings. The molecule has 0 atom stereocenters. The summed E-state index contributed by atoms with van der Waals surface area (Å²) in [5.41, 5.74) is 2.14. The summed E-state index contributed by atoms with van der Waals surface area (Å²) in [7, 11) is 0. The number of carbonyl (C=O) groups is 1. The molecule has 0 bridgehead atoms. The lowest BCUT2D eigenvalue weighted by molar-refractivity contribution is -0.136. The summed E-state index contributed by atoms with van der Waals surface area (Å²) >= 11 is 1.94. The van der Waals surface area contributed by atoms with Crippen LogP contribution in [0.3, 0.4) is 0 Å². The van der Waals surface area contributed by atoms with E-state index in [0.29, 0.717) is 0 Å². The molecule has 0 saturated heterocycles. The van der Waals surface area contributed by atoms with Crippen molar-refractivity contribution in [2.75, 3.05) is 5.75 Å². The van der Waals surface area contributed by atoms with Crippen LogP contribution in [0.1, 0.15) is 31.4 Å². The normalized spacial score (nSPS) is 10.8. The van der Waals surface area contributed by atoms with Crippen LogP contribution in [0.25, 0.3) is 0 Å². The van der Waals surface area contributed by atoms with E-state index in [9.17, 15) is 4.79 Å². The van der Waals surface area contributed by atoms with Crippen LogP contribution in [-0.4, -0.2) is 16.8 Å². The lowest BCUT2D eigenvalue weighted by Crippen LogP contribution is -1.99. The van der Waals surface area contributed by atoms with Crippen molar-refractivity contribution in [2.45, 2.75) is 32.4 Å². The number of rotatable bonds is 7. The molecule has 1 aromatic rings. The van der Waals surface area contributed by atoms with Crippen LogP contribution in [-0.2, 0) is 17.0 Å². The van der Waals surface area contributed by atoms with Crippen molar-refractivity contribution in [3.8, 4) is 0 Å². The Bertz CT molecular complexity index is 344. The highest BCUT2D eigenvalue weighted by Gasteiger charge is 2.00. The number of benzene rings is 1. The fraction of sp³-hybridized carbons (Fsp3) is 0.500. The average Bonchev–Trinajstić information content (AvgIpc) is 2.25. The van der Waals surface area contributed by atoms with Gasteiger partial charge in [-0.1, -0.05) is 38.1 Å². The summed E-state index contributed by atoms with van der Waals surface area (Å²) < 4.78 is 0. The highest BCUT2D eigenvalue weighted by Crippen LogP contribution is 2.16. The molecule has 0 fully saturated rings. The molecule has 3 heteroatoms. The van der Waals surface area contributed by atoms with Gasteiger partial charge in [0.15, 0.2) is 0 Å². The molecule has 0 aliphatic heterocycles. The van der Waals surface area contributed by atoms with Crippen molar-refractivity contribution in [3.63, 3.8) is 0 Å². The number of carboxylic acids is 1. The molecular weight excluding hydrogens is 232 g/mol. The van der Waals surface area contributed by atoms with Gasteiger partial charge in [0.2, 0.25) is 0 Å². The highest BCUT2D eigenvalue weighted by molar-refractivity contribution is 7.98. The van der Waals surface area contributed by atoms with E-state index in [0.717, 1.165) is 17.2 Å². The minimum absolute atomic E-state index is 0.112. The molecule has 94 valence electrons. The Kier molecular flexibility index (Phi) is 6.12. The van der Waals surface area contributed by atoms with E-state index in [-0.39, 0.29) is 6.42 Å². The summed E-state index contributed by atoms with van der Waals surface area (Å²) in [5.74, 6) is 2.19. The molecule has 2 nitrogen and oxygen atoms in total. The van der Waals surface area contributed by atoms with Crippen molar-refractivity contribution >= 4 is 17.7 Å². The molecule has 0 heterocycles. The monoisotopic (exact) mass is 252 g/mol. The van der Waals surface area contributed by atoms with Gasteiger partial charge in [-0.3, -0.25) is 4.79 Å². The molecule has 1 N–H and O–H groups in total. The third kappa shape index (κ3) is 6.37. The summed E-state index contributed by atoms with van der Waals surface area (Å²) in [5, 5.41) is 8.66. The predicted octanol–water partition coefficient (Wildman–Crippen LogP) is 3.59. The summed E-state index contributed by atoms with van der Waals surface area (Å²) in [4.78, 5) is 10.5. The van der Waals surface area contributed by atoms with Gasteiger partial charge in [-0.15, -0.1) is 0 Å². The Morgan fingerprint density at radius 1 is 1.24 bits per heavy atom. The van der Waals surface area contributed by atoms with E-state index < -0.39 is 5.97 Å². The Labute approximate surface area is 107 Å². The SMILES string of the molecule is CC(C)CCSCc1ccc(CC(=O)O)cc1. The minimum atomic E-state index is -0.774. The summed E-state index contributed by atoms with van der Waals surface area (Å²) in [6, 6.07) is 7.88. The van der Waals surface area contributed by atoms with Crippen LogP contribution in [0.15, 0.2) is 24.3 Å².